The van der Waals surface area contributed by atoms with E-state index in [1.54, 1.807) is 48.8 Å². The Hall–Kier alpha value is -2.44. The number of hydrogen-bond acceptors (Lipinski definition) is 3. The van der Waals surface area contributed by atoms with Crippen LogP contribution in [-0.2, 0) is 5.72 Å². The van der Waals surface area contributed by atoms with E-state index in [2.05, 4.69) is 25.9 Å². The molecule has 1 amide bonds. The van der Waals surface area contributed by atoms with Gasteiger partial charge in [0.1, 0.15) is 0 Å². The summed E-state index contributed by atoms with van der Waals surface area (Å²) in [6, 6.07) is 14.3. The number of carbonyl (C=O) groups is 1. The molecule has 23 heavy (non-hydrogen) atoms. The molecule has 2 N–H and O–H groups in total. The third kappa shape index (κ3) is 1.95. The summed E-state index contributed by atoms with van der Waals surface area (Å²) in [7, 11) is 0. The van der Waals surface area contributed by atoms with Gasteiger partial charge in [-0.1, -0.05) is 34.1 Å². The van der Waals surface area contributed by atoms with Gasteiger partial charge in [-0.3, -0.25) is 9.69 Å². The monoisotopic (exact) mass is 369 g/mol. The van der Waals surface area contributed by atoms with Crippen molar-refractivity contribution in [2.75, 3.05) is 4.90 Å². The van der Waals surface area contributed by atoms with Gasteiger partial charge in [-0.15, -0.1) is 0 Å². The Labute approximate surface area is 140 Å². The number of fused-ring (bicyclic) bond motifs is 1. The van der Waals surface area contributed by atoms with Crippen molar-refractivity contribution in [1.29, 1.82) is 0 Å². The minimum atomic E-state index is -1.66. The van der Waals surface area contributed by atoms with Crippen LogP contribution in [0.2, 0.25) is 0 Å². The number of anilines is 1. The predicted octanol–water partition coefficient (Wildman–Crippen LogP) is 3.03. The van der Waals surface area contributed by atoms with Gasteiger partial charge in [-0.25, -0.2) is 4.98 Å². The van der Waals surface area contributed by atoms with Crippen LogP contribution in [0.15, 0.2) is 65.4 Å². The third-order valence-corrected chi connectivity index (χ3v) is 4.50. The Morgan fingerprint density at radius 3 is 2.57 bits per heavy atom. The van der Waals surface area contributed by atoms with Gasteiger partial charge in [0, 0.05) is 33.7 Å². The van der Waals surface area contributed by atoms with Gasteiger partial charge in [-0.2, -0.15) is 0 Å². The second-order valence-electron chi connectivity index (χ2n) is 5.27. The molecule has 3 aromatic rings. The summed E-state index contributed by atoms with van der Waals surface area (Å²) in [5.74, 6) is 0.0422. The molecule has 4 rings (SSSR count). The molecule has 2 aromatic carbocycles. The van der Waals surface area contributed by atoms with Crippen LogP contribution in [0.25, 0.3) is 0 Å². The lowest BCUT2D eigenvalue weighted by Crippen LogP contribution is -2.45. The molecule has 1 unspecified atom stereocenters. The predicted molar refractivity (Wildman–Crippen MR) is 89.0 cm³/mol. The molecule has 0 radical (unpaired) electrons. The summed E-state index contributed by atoms with van der Waals surface area (Å²) >= 11 is 3.38. The van der Waals surface area contributed by atoms with Gasteiger partial charge in [0.05, 0.1) is 0 Å². The second-order valence-corrected chi connectivity index (χ2v) is 6.19. The highest BCUT2D eigenvalue weighted by Gasteiger charge is 2.52. The van der Waals surface area contributed by atoms with E-state index < -0.39 is 5.72 Å². The van der Waals surface area contributed by atoms with Crippen LogP contribution in [0.5, 0.6) is 0 Å². The Balaban J connectivity index is 1.98. The zero-order valence-electron chi connectivity index (χ0n) is 11.9. The van der Waals surface area contributed by atoms with Crippen LogP contribution in [0, 0.1) is 0 Å². The van der Waals surface area contributed by atoms with Gasteiger partial charge < -0.3 is 10.1 Å². The summed E-state index contributed by atoms with van der Waals surface area (Å²) in [5.41, 5.74) is -0.0872. The number of imidazole rings is 1. The number of nitrogens with one attached hydrogen (secondary N) is 1. The number of halogens is 1. The van der Waals surface area contributed by atoms with Crippen molar-refractivity contribution in [2.45, 2.75) is 5.72 Å². The van der Waals surface area contributed by atoms with Gasteiger partial charge in [0.25, 0.3) is 5.91 Å². The lowest BCUT2D eigenvalue weighted by molar-refractivity contribution is 0.0653. The maximum absolute atomic E-state index is 12.9. The van der Waals surface area contributed by atoms with Crippen molar-refractivity contribution in [3.05, 3.63) is 82.3 Å². The molecule has 1 aliphatic rings. The van der Waals surface area contributed by atoms with Gasteiger partial charge in [0.2, 0.25) is 5.72 Å². The molecule has 0 fully saturated rings. The van der Waals surface area contributed by atoms with Crippen molar-refractivity contribution in [1.82, 2.24) is 9.97 Å². The molecule has 1 aromatic heterocycles. The van der Waals surface area contributed by atoms with E-state index in [-0.39, 0.29) is 5.91 Å². The standard InChI is InChI=1S/C17H12BrN3O2/c18-11-5-7-12(8-6-11)21-15(22)13-3-1-2-4-14(13)17(21,23)16-19-9-10-20-16/h1-10,23H,(H,19,20). The van der Waals surface area contributed by atoms with E-state index >= 15 is 0 Å². The Bertz CT molecular complexity index is 877. The number of aromatic nitrogens is 2. The number of carbonyl (C=O) groups excluding carboxylic acids is 1. The first-order chi connectivity index (χ1) is 11.1. The molecule has 0 spiro atoms. The first-order valence-corrected chi connectivity index (χ1v) is 7.83. The molecule has 1 aliphatic heterocycles. The summed E-state index contributed by atoms with van der Waals surface area (Å²) in [4.78, 5) is 21.4. The fraction of sp³-hybridized carbons (Fsp3) is 0.0588. The zero-order chi connectivity index (χ0) is 16.0. The summed E-state index contributed by atoms with van der Waals surface area (Å²) in [5, 5.41) is 11.5. The molecular weight excluding hydrogens is 358 g/mol. The van der Waals surface area contributed by atoms with Crippen LogP contribution >= 0.6 is 15.9 Å². The third-order valence-electron chi connectivity index (χ3n) is 3.97. The molecule has 6 heteroatoms. The fourth-order valence-corrected chi connectivity index (χ4v) is 3.21. The summed E-state index contributed by atoms with van der Waals surface area (Å²) < 4.78 is 0.895. The van der Waals surface area contributed by atoms with Crippen molar-refractivity contribution in [2.24, 2.45) is 0 Å². The molecule has 114 valence electrons. The van der Waals surface area contributed by atoms with Crippen molar-refractivity contribution in [3.63, 3.8) is 0 Å². The van der Waals surface area contributed by atoms with Crippen LogP contribution in [-0.4, -0.2) is 21.0 Å². The van der Waals surface area contributed by atoms with E-state index in [1.807, 2.05) is 12.1 Å². The van der Waals surface area contributed by atoms with Gasteiger partial charge in [0.15, 0.2) is 5.82 Å². The van der Waals surface area contributed by atoms with Crippen molar-refractivity contribution < 1.29 is 9.90 Å². The average molecular weight is 370 g/mol. The zero-order valence-corrected chi connectivity index (χ0v) is 13.5. The summed E-state index contributed by atoms with van der Waals surface area (Å²) in [6.45, 7) is 0. The number of nitrogens with zero attached hydrogens (tertiary/aromatic N) is 2. The van der Waals surface area contributed by atoms with Gasteiger partial charge >= 0.3 is 0 Å². The highest BCUT2D eigenvalue weighted by atomic mass is 79.9. The van der Waals surface area contributed by atoms with Gasteiger partial charge in [-0.05, 0) is 30.3 Å². The molecule has 0 saturated heterocycles. The number of hydrogen-bond donors (Lipinski definition) is 2. The number of amides is 1. The molecule has 0 aliphatic carbocycles. The molecule has 1 atom stereocenters. The molecule has 0 bridgehead atoms. The first-order valence-electron chi connectivity index (χ1n) is 7.04. The highest BCUT2D eigenvalue weighted by Crippen LogP contribution is 2.43. The smallest absolute Gasteiger partial charge is 0.261 e. The maximum atomic E-state index is 12.9. The van der Waals surface area contributed by atoms with Crippen LogP contribution in [0.4, 0.5) is 5.69 Å². The molecule has 2 heterocycles. The van der Waals surface area contributed by atoms with E-state index in [9.17, 15) is 9.90 Å². The van der Waals surface area contributed by atoms with Crippen LogP contribution < -0.4 is 4.90 Å². The maximum Gasteiger partial charge on any atom is 0.261 e. The van der Waals surface area contributed by atoms with E-state index in [0.717, 1.165) is 4.47 Å². The van der Waals surface area contributed by atoms with Crippen LogP contribution in [0.1, 0.15) is 21.7 Å². The van der Waals surface area contributed by atoms with E-state index in [1.165, 1.54) is 4.90 Å². The largest absolute Gasteiger partial charge is 0.360 e. The van der Waals surface area contributed by atoms with E-state index in [0.29, 0.717) is 22.6 Å². The highest BCUT2D eigenvalue weighted by molar-refractivity contribution is 9.10. The van der Waals surface area contributed by atoms with Crippen molar-refractivity contribution in [3.8, 4) is 0 Å². The topological polar surface area (TPSA) is 69.2 Å². The molecule has 0 saturated carbocycles. The number of aliphatic hydroxyl groups is 1. The first kappa shape index (κ1) is 14.2. The van der Waals surface area contributed by atoms with E-state index in [4.69, 9.17) is 0 Å². The normalized spacial score (nSPS) is 19.9. The Morgan fingerprint density at radius 2 is 1.87 bits per heavy atom. The quantitative estimate of drug-likeness (QED) is 0.729. The number of H-pyrrole nitrogens is 1. The second kappa shape index (κ2) is 5.04. The SMILES string of the molecule is O=C1c2ccccc2C(O)(c2ncc[nH]2)N1c1ccc(Br)cc1. The minimum absolute atomic E-state index is 0.262. The molecule has 5 nitrogen and oxygen atoms in total. The number of benzene rings is 2. The fourth-order valence-electron chi connectivity index (χ4n) is 2.95. The van der Waals surface area contributed by atoms with Crippen molar-refractivity contribution >= 4 is 27.5 Å². The Kier molecular flexibility index (Phi) is 3.11. The summed E-state index contributed by atoms with van der Waals surface area (Å²) in [6.07, 6.45) is 3.18. The number of aromatic amines is 1. The van der Waals surface area contributed by atoms with Crippen LogP contribution in [0.3, 0.4) is 0 Å². The number of rotatable bonds is 2. The lowest BCUT2D eigenvalue weighted by Gasteiger charge is -2.32. The lowest BCUT2D eigenvalue weighted by atomic mass is 10.0. The average Bonchev–Trinajstić information content (AvgIpc) is 3.17. The minimum Gasteiger partial charge on any atom is -0.360 e. The molecular formula is C17H12BrN3O2. The Morgan fingerprint density at radius 1 is 1.13 bits per heavy atom.